The number of nitrogens with zero attached hydrogens (tertiary/aromatic N) is 1. The van der Waals surface area contributed by atoms with Crippen LogP contribution in [0.15, 0.2) is 4.99 Å². The van der Waals surface area contributed by atoms with Crippen molar-refractivity contribution in [2.24, 2.45) is 10.9 Å². The van der Waals surface area contributed by atoms with Crippen LogP contribution >= 0.6 is 0 Å². The van der Waals surface area contributed by atoms with Crippen molar-refractivity contribution < 1.29 is 0 Å². The third kappa shape index (κ3) is 2.23. The van der Waals surface area contributed by atoms with Gasteiger partial charge in [0.1, 0.15) is 0 Å². The minimum absolute atomic E-state index is 0.631. The molecule has 0 radical (unpaired) electrons. The van der Waals surface area contributed by atoms with Crippen LogP contribution in [0, 0.1) is 5.92 Å². The fraction of sp³-hybridized carbons (Fsp3) is 0.900. The van der Waals surface area contributed by atoms with E-state index in [4.69, 9.17) is 0 Å². The van der Waals surface area contributed by atoms with E-state index < -0.39 is 0 Å². The predicted molar refractivity (Wildman–Crippen MR) is 53.6 cm³/mol. The second-order valence-corrected chi connectivity index (χ2v) is 3.63. The summed E-state index contributed by atoms with van der Waals surface area (Å²) in [4.78, 5) is 4.48. The van der Waals surface area contributed by atoms with Gasteiger partial charge in [0.15, 0.2) is 0 Å². The number of rotatable bonds is 3. The second kappa shape index (κ2) is 4.48. The van der Waals surface area contributed by atoms with E-state index in [1.807, 2.05) is 0 Å². The lowest BCUT2D eigenvalue weighted by Crippen LogP contribution is -2.24. The lowest BCUT2D eigenvalue weighted by Gasteiger charge is -2.07. The maximum Gasteiger partial charge on any atom is 0.0997 e. The van der Waals surface area contributed by atoms with E-state index in [-0.39, 0.29) is 0 Å². The summed E-state index contributed by atoms with van der Waals surface area (Å²) in [7, 11) is 0. The van der Waals surface area contributed by atoms with Crippen LogP contribution in [0.25, 0.3) is 0 Å². The lowest BCUT2D eigenvalue weighted by atomic mass is 10.00. The molecule has 2 atom stereocenters. The van der Waals surface area contributed by atoms with E-state index in [0.717, 1.165) is 6.54 Å². The summed E-state index contributed by atoms with van der Waals surface area (Å²) in [5, 5.41) is 3.44. The average molecular weight is 168 g/mol. The van der Waals surface area contributed by atoms with Crippen LogP contribution in [0.5, 0.6) is 0 Å². The molecule has 1 heterocycles. The predicted octanol–water partition coefficient (Wildman–Crippen LogP) is 2.20. The fourth-order valence-electron chi connectivity index (χ4n) is 1.92. The minimum atomic E-state index is 0.631. The molecule has 0 spiro atoms. The van der Waals surface area contributed by atoms with Crippen molar-refractivity contribution in [2.75, 3.05) is 6.54 Å². The molecule has 1 aliphatic heterocycles. The Labute approximate surface area is 75.5 Å². The maximum atomic E-state index is 4.48. The van der Waals surface area contributed by atoms with Crippen LogP contribution in [0.1, 0.15) is 40.0 Å². The van der Waals surface area contributed by atoms with Gasteiger partial charge in [-0.1, -0.05) is 13.3 Å². The normalized spacial score (nSPS) is 32.4. The van der Waals surface area contributed by atoms with Gasteiger partial charge in [-0.2, -0.15) is 0 Å². The average Bonchev–Trinajstić information content (AvgIpc) is 2.33. The third-order valence-electron chi connectivity index (χ3n) is 2.38. The third-order valence-corrected chi connectivity index (χ3v) is 2.38. The molecule has 1 saturated heterocycles. The molecule has 2 heteroatoms. The molecule has 0 saturated carbocycles. The molecule has 0 aliphatic carbocycles. The molecular formula is C10H20N2. The summed E-state index contributed by atoms with van der Waals surface area (Å²) >= 11 is 0. The van der Waals surface area contributed by atoms with Gasteiger partial charge < -0.3 is 5.32 Å². The van der Waals surface area contributed by atoms with Gasteiger partial charge in [-0.3, -0.25) is 4.99 Å². The molecule has 1 N–H and O–H groups in total. The number of hydrogen-bond acceptors (Lipinski definition) is 1. The molecule has 0 aromatic rings. The van der Waals surface area contributed by atoms with Crippen LogP contribution in [-0.2, 0) is 0 Å². The van der Waals surface area contributed by atoms with Crippen molar-refractivity contribution in [2.45, 2.75) is 46.1 Å². The van der Waals surface area contributed by atoms with Gasteiger partial charge in [-0.25, -0.2) is 0 Å². The highest BCUT2D eigenvalue weighted by Gasteiger charge is 2.25. The van der Waals surface area contributed by atoms with Crippen LogP contribution in [0.2, 0.25) is 0 Å². The lowest BCUT2D eigenvalue weighted by molar-refractivity contribution is 0.559. The zero-order chi connectivity index (χ0) is 8.97. The van der Waals surface area contributed by atoms with Crippen LogP contribution < -0.4 is 5.32 Å². The number of amidine groups is 1. The first-order valence-corrected chi connectivity index (χ1v) is 5.08. The summed E-state index contributed by atoms with van der Waals surface area (Å²) in [6, 6.07) is 0.631. The summed E-state index contributed by atoms with van der Waals surface area (Å²) in [5.74, 6) is 1.97. The second-order valence-electron chi connectivity index (χ2n) is 3.63. The minimum Gasteiger partial charge on any atom is -0.371 e. The highest BCUT2D eigenvalue weighted by Crippen LogP contribution is 2.20. The van der Waals surface area contributed by atoms with Gasteiger partial charge in [0.25, 0.3) is 0 Å². The van der Waals surface area contributed by atoms with Gasteiger partial charge in [0, 0.05) is 18.5 Å². The van der Waals surface area contributed by atoms with E-state index in [1.54, 1.807) is 0 Å². The Morgan fingerprint density at radius 2 is 2.25 bits per heavy atom. The largest absolute Gasteiger partial charge is 0.371 e. The van der Waals surface area contributed by atoms with Crippen LogP contribution in [0.3, 0.4) is 0 Å². The zero-order valence-corrected chi connectivity index (χ0v) is 8.43. The van der Waals surface area contributed by atoms with Gasteiger partial charge in [0.2, 0.25) is 0 Å². The number of nitrogens with one attached hydrogen (secondary N) is 1. The van der Waals surface area contributed by atoms with E-state index in [9.17, 15) is 0 Å². The standard InChI is InChI=1S/C10H20N2/c1-4-6-9-7-8(3)12-10(9)11-5-2/h8-9H,4-7H2,1-3H3,(H,11,12)/t8-,9+/m0/s1. The molecule has 0 unspecified atom stereocenters. The molecule has 2 nitrogen and oxygen atoms in total. The van der Waals surface area contributed by atoms with E-state index >= 15 is 0 Å². The molecule has 0 amide bonds. The number of hydrogen-bond donors (Lipinski definition) is 1. The summed E-state index contributed by atoms with van der Waals surface area (Å²) < 4.78 is 0. The first-order chi connectivity index (χ1) is 5.77. The highest BCUT2D eigenvalue weighted by atomic mass is 15.0. The molecule has 1 fully saturated rings. The van der Waals surface area contributed by atoms with Gasteiger partial charge in [-0.15, -0.1) is 0 Å². The van der Waals surface area contributed by atoms with E-state index in [0.29, 0.717) is 12.0 Å². The monoisotopic (exact) mass is 168 g/mol. The summed E-state index contributed by atoms with van der Waals surface area (Å²) in [5.41, 5.74) is 0. The first kappa shape index (κ1) is 9.56. The quantitative estimate of drug-likeness (QED) is 0.686. The Morgan fingerprint density at radius 3 is 2.83 bits per heavy atom. The molecule has 12 heavy (non-hydrogen) atoms. The van der Waals surface area contributed by atoms with Crippen LogP contribution in [0.4, 0.5) is 0 Å². The summed E-state index contributed by atoms with van der Waals surface area (Å²) in [6.45, 7) is 7.49. The van der Waals surface area contributed by atoms with Crippen molar-refractivity contribution in [1.82, 2.24) is 5.32 Å². The topological polar surface area (TPSA) is 24.4 Å². The Balaban J connectivity index is 2.53. The Hall–Kier alpha value is -0.530. The van der Waals surface area contributed by atoms with E-state index in [2.05, 4.69) is 31.1 Å². The van der Waals surface area contributed by atoms with Crippen LogP contribution in [-0.4, -0.2) is 18.4 Å². The Kier molecular flexibility index (Phi) is 3.57. The van der Waals surface area contributed by atoms with Gasteiger partial charge in [0.05, 0.1) is 5.84 Å². The fourth-order valence-corrected chi connectivity index (χ4v) is 1.92. The molecule has 0 bridgehead atoms. The maximum absolute atomic E-state index is 4.48. The van der Waals surface area contributed by atoms with Crippen molar-refractivity contribution in [3.05, 3.63) is 0 Å². The Morgan fingerprint density at radius 1 is 1.50 bits per heavy atom. The Bertz CT molecular complexity index is 163. The van der Waals surface area contributed by atoms with Crippen molar-refractivity contribution in [1.29, 1.82) is 0 Å². The molecular weight excluding hydrogens is 148 g/mol. The molecule has 1 rings (SSSR count). The highest BCUT2D eigenvalue weighted by molar-refractivity contribution is 5.86. The zero-order valence-electron chi connectivity index (χ0n) is 8.43. The van der Waals surface area contributed by atoms with Gasteiger partial charge >= 0.3 is 0 Å². The smallest absolute Gasteiger partial charge is 0.0997 e. The van der Waals surface area contributed by atoms with E-state index in [1.165, 1.54) is 25.1 Å². The van der Waals surface area contributed by atoms with Crippen molar-refractivity contribution in [3.63, 3.8) is 0 Å². The van der Waals surface area contributed by atoms with Gasteiger partial charge in [-0.05, 0) is 26.7 Å². The molecule has 1 aliphatic rings. The molecule has 0 aromatic heterocycles. The SMILES string of the molecule is CCC[C@@H]1C[C@H](C)N/C1=N/CC. The molecule has 0 aromatic carbocycles. The number of aliphatic imine (C=N–C) groups is 1. The molecule has 70 valence electrons. The van der Waals surface area contributed by atoms with Crippen molar-refractivity contribution in [3.8, 4) is 0 Å². The first-order valence-electron chi connectivity index (χ1n) is 5.08. The summed E-state index contributed by atoms with van der Waals surface area (Å²) in [6.07, 6.45) is 3.82. The van der Waals surface area contributed by atoms with Crippen molar-refractivity contribution >= 4 is 5.84 Å².